The van der Waals surface area contributed by atoms with Crippen molar-refractivity contribution in [3.8, 4) is 0 Å². The van der Waals surface area contributed by atoms with Gasteiger partial charge in [0.05, 0.1) is 5.69 Å². The Morgan fingerprint density at radius 3 is 2.75 bits per heavy atom. The van der Waals surface area contributed by atoms with Crippen LogP contribution in [0.2, 0.25) is 5.02 Å². The Bertz CT molecular complexity index is 663. The minimum atomic E-state index is -0.603. The number of anilines is 2. The highest BCUT2D eigenvalue weighted by molar-refractivity contribution is 6.30. The molecule has 20 heavy (non-hydrogen) atoms. The van der Waals surface area contributed by atoms with Crippen molar-refractivity contribution < 1.29 is 9.18 Å². The van der Waals surface area contributed by atoms with E-state index in [0.717, 1.165) is 6.07 Å². The van der Waals surface area contributed by atoms with Crippen LogP contribution in [0.5, 0.6) is 0 Å². The maximum Gasteiger partial charge on any atom is 0.255 e. The second kappa shape index (κ2) is 5.85. The maximum absolute atomic E-state index is 13.6. The number of aromatic nitrogens is 1. The number of nitrogens with one attached hydrogen (secondary N) is 2. The van der Waals surface area contributed by atoms with Gasteiger partial charge in [-0.25, -0.2) is 15.2 Å². The van der Waals surface area contributed by atoms with Crippen LogP contribution in [0.1, 0.15) is 16.1 Å². The van der Waals surface area contributed by atoms with Gasteiger partial charge in [0.1, 0.15) is 11.6 Å². The summed E-state index contributed by atoms with van der Waals surface area (Å²) in [6.07, 6.45) is 0. The molecule has 1 aromatic carbocycles. The summed E-state index contributed by atoms with van der Waals surface area (Å²) in [7, 11) is 0. The van der Waals surface area contributed by atoms with Crippen molar-refractivity contribution >= 4 is 29.0 Å². The molecular weight excluding hydrogens is 283 g/mol. The summed E-state index contributed by atoms with van der Waals surface area (Å²) >= 11 is 5.65. The van der Waals surface area contributed by atoms with E-state index >= 15 is 0 Å². The smallest absolute Gasteiger partial charge is 0.255 e. The Labute approximate surface area is 119 Å². The standard InChI is InChI=1S/C13H12ClFN4O/c1-7-4-8(5-12(17-7)19-16)13(20)18-11-3-2-9(14)6-10(11)15/h2-6H,16H2,1H3,(H,17,19)(H,18,20). The largest absolute Gasteiger partial charge is 0.319 e. The van der Waals surface area contributed by atoms with Gasteiger partial charge in [-0.15, -0.1) is 0 Å². The first kappa shape index (κ1) is 14.2. The SMILES string of the molecule is Cc1cc(C(=O)Nc2ccc(Cl)cc2F)cc(NN)n1. The van der Waals surface area contributed by atoms with Crippen molar-refractivity contribution in [2.75, 3.05) is 10.7 Å². The molecule has 0 spiro atoms. The first-order valence-electron chi connectivity index (χ1n) is 5.71. The number of nitrogens with zero attached hydrogens (tertiary/aromatic N) is 1. The third-order valence-corrected chi connectivity index (χ3v) is 2.78. The number of aryl methyl sites for hydroxylation is 1. The quantitative estimate of drug-likeness (QED) is 0.600. The van der Waals surface area contributed by atoms with E-state index < -0.39 is 11.7 Å². The summed E-state index contributed by atoms with van der Waals surface area (Å²) in [4.78, 5) is 16.1. The van der Waals surface area contributed by atoms with E-state index in [-0.39, 0.29) is 10.7 Å². The molecule has 0 aliphatic carbocycles. The van der Waals surface area contributed by atoms with Crippen LogP contribution in [0.15, 0.2) is 30.3 Å². The number of hydrazine groups is 1. The fraction of sp³-hybridized carbons (Fsp3) is 0.0769. The summed E-state index contributed by atoms with van der Waals surface area (Å²) in [5.41, 5.74) is 3.35. The van der Waals surface area contributed by atoms with E-state index in [1.54, 1.807) is 13.0 Å². The molecule has 0 saturated heterocycles. The zero-order valence-electron chi connectivity index (χ0n) is 10.6. The lowest BCUT2D eigenvalue weighted by molar-refractivity contribution is 0.102. The average molecular weight is 295 g/mol. The molecule has 0 atom stereocenters. The van der Waals surface area contributed by atoms with E-state index in [1.165, 1.54) is 18.2 Å². The molecule has 1 aromatic heterocycles. The number of carbonyl (C=O) groups excluding carboxylic acids is 1. The Morgan fingerprint density at radius 2 is 2.10 bits per heavy atom. The molecule has 0 fully saturated rings. The fourth-order valence-electron chi connectivity index (χ4n) is 1.66. The zero-order valence-corrected chi connectivity index (χ0v) is 11.3. The van der Waals surface area contributed by atoms with Gasteiger partial charge in [-0.3, -0.25) is 4.79 Å². The molecule has 5 nitrogen and oxygen atoms in total. The van der Waals surface area contributed by atoms with Gasteiger partial charge >= 0.3 is 0 Å². The van der Waals surface area contributed by atoms with E-state index in [9.17, 15) is 9.18 Å². The van der Waals surface area contributed by atoms with Crippen LogP contribution in [0.3, 0.4) is 0 Å². The summed E-state index contributed by atoms with van der Waals surface area (Å²) in [6.45, 7) is 1.72. The Morgan fingerprint density at radius 1 is 1.35 bits per heavy atom. The summed E-state index contributed by atoms with van der Waals surface area (Å²) in [5.74, 6) is 4.55. The zero-order chi connectivity index (χ0) is 14.7. The van der Waals surface area contributed by atoms with E-state index in [0.29, 0.717) is 17.1 Å². The number of carbonyl (C=O) groups is 1. The van der Waals surface area contributed by atoms with Crippen molar-refractivity contribution in [2.45, 2.75) is 6.92 Å². The Hall–Kier alpha value is -2.18. The highest BCUT2D eigenvalue weighted by atomic mass is 35.5. The first-order chi connectivity index (χ1) is 9.49. The number of amides is 1. The van der Waals surface area contributed by atoms with Crippen LogP contribution in [0, 0.1) is 12.7 Å². The predicted octanol–water partition coefficient (Wildman–Crippen LogP) is 2.72. The molecule has 0 aliphatic rings. The van der Waals surface area contributed by atoms with Crippen molar-refractivity contribution in [3.05, 3.63) is 52.4 Å². The number of rotatable bonds is 3. The Kier molecular flexibility index (Phi) is 4.16. The van der Waals surface area contributed by atoms with Gasteiger partial charge in [0, 0.05) is 16.3 Å². The number of pyridine rings is 1. The van der Waals surface area contributed by atoms with Crippen LogP contribution >= 0.6 is 11.6 Å². The van der Waals surface area contributed by atoms with Crippen molar-refractivity contribution in [2.24, 2.45) is 5.84 Å². The number of nitrogen functional groups attached to an aromatic ring is 1. The third-order valence-electron chi connectivity index (χ3n) is 2.54. The van der Waals surface area contributed by atoms with Crippen LogP contribution < -0.4 is 16.6 Å². The van der Waals surface area contributed by atoms with Crippen molar-refractivity contribution in [1.82, 2.24) is 4.98 Å². The summed E-state index contributed by atoms with van der Waals surface area (Å²) < 4.78 is 13.6. The molecule has 0 unspecified atom stereocenters. The van der Waals surface area contributed by atoms with Gasteiger partial charge in [-0.1, -0.05) is 11.6 Å². The molecule has 0 radical (unpaired) electrons. The van der Waals surface area contributed by atoms with E-state index in [4.69, 9.17) is 17.4 Å². The molecule has 2 aromatic rings. The Balaban J connectivity index is 2.26. The van der Waals surface area contributed by atoms with E-state index in [2.05, 4.69) is 15.7 Å². The van der Waals surface area contributed by atoms with E-state index in [1.807, 2.05) is 0 Å². The first-order valence-corrected chi connectivity index (χ1v) is 6.09. The van der Waals surface area contributed by atoms with Crippen LogP contribution in [-0.4, -0.2) is 10.9 Å². The van der Waals surface area contributed by atoms with Gasteiger partial charge < -0.3 is 10.7 Å². The monoisotopic (exact) mass is 294 g/mol. The van der Waals surface area contributed by atoms with Crippen molar-refractivity contribution in [3.63, 3.8) is 0 Å². The second-order valence-electron chi connectivity index (χ2n) is 4.11. The van der Waals surface area contributed by atoms with Crippen LogP contribution in [0.4, 0.5) is 15.9 Å². The van der Waals surface area contributed by atoms with Crippen LogP contribution in [-0.2, 0) is 0 Å². The third kappa shape index (κ3) is 3.23. The number of nitrogens with two attached hydrogens (primary N) is 1. The molecule has 1 amide bonds. The molecule has 104 valence electrons. The minimum Gasteiger partial charge on any atom is -0.319 e. The van der Waals surface area contributed by atoms with Crippen molar-refractivity contribution in [1.29, 1.82) is 0 Å². The average Bonchev–Trinajstić information content (AvgIpc) is 2.41. The lowest BCUT2D eigenvalue weighted by atomic mass is 10.2. The van der Waals surface area contributed by atoms with Gasteiger partial charge in [0.15, 0.2) is 0 Å². The normalized spacial score (nSPS) is 10.2. The fourth-order valence-corrected chi connectivity index (χ4v) is 1.82. The summed E-state index contributed by atoms with van der Waals surface area (Å²) in [6, 6.07) is 7.05. The second-order valence-corrected chi connectivity index (χ2v) is 4.54. The molecule has 2 rings (SSSR count). The molecule has 4 N–H and O–H groups in total. The number of halogens is 2. The molecule has 7 heteroatoms. The summed E-state index contributed by atoms with van der Waals surface area (Å²) in [5, 5.41) is 2.72. The van der Waals surface area contributed by atoms with Gasteiger partial charge in [0.2, 0.25) is 0 Å². The minimum absolute atomic E-state index is 0.0520. The maximum atomic E-state index is 13.6. The number of hydrogen-bond acceptors (Lipinski definition) is 4. The van der Waals surface area contributed by atoms with Gasteiger partial charge in [0.25, 0.3) is 5.91 Å². The molecule has 0 saturated carbocycles. The molecule has 0 aliphatic heterocycles. The highest BCUT2D eigenvalue weighted by Crippen LogP contribution is 2.20. The van der Waals surface area contributed by atoms with Crippen LogP contribution in [0.25, 0.3) is 0 Å². The number of hydrogen-bond donors (Lipinski definition) is 3. The lowest BCUT2D eigenvalue weighted by Crippen LogP contribution is -2.15. The highest BCUT2D eigenvalue weighted by Gasteiger charge is 2.11. The number of benzene rings is 1. The molecule has 1 heterocycles. The topological polar surface area (TPSA) is 80.0 Å². The predicted molar refractivity (Wildman–Crippen MR) is 76.1 cm³/mol. The molecular formula is C13H12ClFN4O. The van der Waals surface area contributed by atoms with Gasteiger partial charge in [-0.2, -0.15) is 0 Å². The molecule has 0 bridgehead atoms. The van der Waals surface area contributed by atoms with Gasteiger partial charge in [-0.05, 0) is 37.3 Å². The lowest BCUT2D eigenvalue weighted by Gasteiger charge is -2.08.